The van der Waals surface area contributed by atoms with Crippen molar-refractivity contribution < 1.29 is 14.3 Å². The number of nitrogens with zero attached hydrogens (tertiary/aromatic N) is 2. The molecule has 2 aromatic carbocycles. The van der Waals surface area contributed by atoms with E-state index >= 15 is 0 Å². The highest BCUT2D eigenvalue weighted by Gasteiger charge is 2.21. The normalized spacial score (nSPS) is 23.5. The first kappa shape index (κ1) is 33.5. The summed E-state index contributed by atoms with van der Waals surface area (Å²) >= 11 is 0. The van der Waals surface area contributed by atoms with Crippen LogP contribution >= 0.6 is 0 Å². The molecule has 5 nitrogen and oxygen atoms in total. The van der Waals surface area contributed by atoms with E-state index in [1.165, 1.54) is 77.5 Å². The number of piperidine rings is 2. The van der Waals surface area contributed by atoms with Gasteiger partial charge >= 0.3 is 0 Å². The van der Waals surface area contributed by atoms with E-state index in [-0.39, 0.29) is 5.78 Å². The average molecular weight is 613 g/mol. The Morgan fingerprint density at radius 3 is 1.49 bits per heavy atom. The molecule has 2 unspecified atom stereocenters. The molecule has 1 saturated carbocycles. The number of carbonyl (C=O) groups is 1. The Hall–Kier alpha value is -2.89. The van der Waals surface area contributed by atoms with Crippen molar-refractivity contribution in [2.75, 3.05) is 39.4 Å². The number of likely N-dealkylation sites (tertiary alicyclic amines) is 2. The molecule has 244 valence electrons. The van der Waals surface area contributed by atoms with E-state index in [0.717, 1.165) is 91.2 Å². The number of Topliss-reactive ketones (excluding diaryl/α,β-unsaturated/α-hetero) is 1. The fourth-order valence-corrected chi connectivity index (χ4v) is 7.09. The molecule has 45 heavy (non-hydrogen) atoms. The van der Waals surface area contributed by atoms with Gasteiger partial charge in [-0.2, -0.15) is 0 Å². The molecular weight excluding hydrogens is 556 g/mol. The van der Waals surface area contributed by atoms with E-state index in [1.54, 1.807) is 0 Å². The third-order valence-corrected chi connectivity index (χ3v) is 10.0. The fourth-order valence-electron chi connectivity index (χ4n) is 7.09. The van der Waals surface area contributed by atoms with Gasteiger partial charge in [0.1, 0.15) is 11.5 Å². The Labute approximate surface area is 272 Å². The Kier molecular flexibility index (Phi) is 13.2. The highest BCUT2D eigenvalue weighted by molar-refractivity contribution is 6.13. The molecule has 5 rings (SSSR count). The number of ketones is 1. The fraction of sp³-hybridized carbons (Fsp3) is 0.575. The first-order chi connectivity index (χ1) is 22.0. The van der Waals surface area contributed by atoms with Gasteiger partial charge in [0.05, 0.1) is 13.2 Å². The molecule has 2 atom stereocenters. The smallest absolute Gasteiger partial charge is 0.185 e. The first-order valence-corrected chi connectivity index (χ1v) is 17.9. The Morgan fingerprint density at radius 2 is 1.07 bits per heavy atom. The average Bonchev–Trinajstić information content (AvgIpc) is 3.06. The lowest BCUT2D eigenvalue weighted by Gasteiger charge is -2.33. The molecule has 0 aromatic heterocycles. The summed E-state index contributed by atoms with van der Waals surface area (Å²) in [6.45, 7) is 11.1. The minimum absolute atomic E-state index is 0.174. The number of unbranched alkanes of at least 4 members (excludes halogenated alkanes) is 2. The summed E-state index contributed by atoms with van der Waals surface area (Å²) in [5.74, 6) is 1.98. The van der Waals surface area contributed by atoms with Gasteiger partial charge in [-0.05, 0) is 158 Å². The lowest BCUT2D eigenvalue weighted by atomic mass is 9.87. The van der Waals surface area contributed by atoms with Crippen molar-refractivity contribution in [1.29, 1.82) is 0 Å². The van der Waals surface area contributed by atoms with Crippen LogP contribution < -0.4 is 9.47 Å². The monoisotopic (exact) mass is 612 g/mol. The van der Waals surface area contributed by atoms with Gasteiger partial charge in [-0.1, -0.05) is 37.1 Å². The first-order valence-electron chi connectivity index (χ1n) is 17.9. The predicted molar refractivity (Wildman–Crippen MR) is 187 cm³/mol. The van der Waals surface area contributed by atoms with Crippen molar-refractivity contribution in [2.24, 2.45) is 0 Å². The van der Waals surface area contributed by atoms with Gasteiger partial charge in [-0.25, -0.2) is 0 Å². The molecule has 2 aliphatic heterocycles. The maximum absolute atomic E-state index is 13.4. The zero-order chi connectivity index (χ0) is 31.3. The molecule has 0 N–H and O–H groups in total. The minimum atomic E-state index is 0.174. The van der Waals surface area contributed by atoms with Crippen LogP contribution in [0.4, 0.5) is 0 Å². The molecule has 0 radical (unpaired) electrons. The van der Waals surface area contributed by atoms with Crippen LogP contribution in [0, 0.1) is 0 Å². The van der Waals surface area contributed by atoms with Gasteiger partial charge in [-0.15, -0.1) is 0 Å². The van der Waals surface area contributed by atoms with Gasteiger partial charge in [0, 0.05) is 23.2 Å². The van der Waals surface area contributed by atoms with Crippen molar-refractivity contribution in [3.05, 3.63) is 70.8 Å². The van der Waals surface area contributed by atoms with E-state index in [1.807, 2.05) is 24.3 Å². The predicted octanol–water partition coefficient (Wildman–Crippen LogP) is 8.97. The molecule has 0 amide bonds. The van der Waals surface area contributed by atoms with Gasteiger partial charge in [0.25, 0.3) is 0 Å². The summed E-state index contributed by atoms with van der Waals surface area (Å²) in [6.07, 6.45) is 19.4. The topological polar surface area (TPSA) is 42.0 Å². The van der Waals surface area contributed by atoms with Crippen LogP contribution in [-0.2, 0) is 4.79 Å². The van der Waals surface area contributed by atoms with Crippen molar-refractivity contribution >= 4 is 17.9 Å². The lowest BCUT2D eigenvalue weighted by Crippen LogP contribution is -2.38. The van der Waals surface area contributed by atoms with Crippen LogP contribution in [0.3, 0.4) is 0 Å². The highest BCUT2D eigenvalue weighted by atomic mass is 16.5. The molecule has 3 fully saturated rings. The van der Waals surface area contributed by atoms with E-state index in [9.17, 15) is 4.79 Å². The zero-order valence-electron chi connectivity index (χ0n) is 28.0. The van der Waals surface area contributed by atoms with E-state index in [4.69, 9.17) is 9.47 Å². The van der Waals surface area contributed by atoms with Crippen molar-refractivity contribution in [1.82, 2.24) is 9.80 Å². The van der Waals surface area contributed by atoms with Crippen LogP contribution in [0.2, 0.25) is 0 Å². The summed E-state index contributed by atoms with van der Waals surface area (Å²) in [5, 5.41) is 0. The second-order valence-corrected chi connectivity index (χ2v) is 13.5. The van der Waals surface area contributed by atoms with Crippen molar-refractivity contribution in [2.45, 2.75) is 109 Å². The molecule has 5 heteroatoms. The van der Waals surface area contributed by atoms with E-state index < -0.39 is 0 Å². The molecule has 0 spiro atoms. The summed E-state index contributed by atoms with van der Waals surface area (Å²) < 4.78 is 12.0. The third kappa shape index (κ3) is 10.6. The van der Waals surface area contributed by atoms with Crippen LogP contribution in [-0.4, -0.2) is 67.1 Å². The van der Waals surface area contributed by atoms with Crippen LogP contribution in [0.5, 0.6) is 11.5 Å². The second kappa shape index (κ2) is 17.7. The maximum atomic E-state index is 13.4. The van der Waals surface area contributed by atoms with Crippen molar-refractivity contribution in [3.63, 3.8) is 0 Å². The molecule has 3 aliphatic rings. The number of hydrogen-bond acceptors (Lipinski definition) is 5. The quantitative estimate of drug-likeness (QED) is 0.157. The standard InChI is InChI=1S/C40H56N2O3/c1-32-12-3-5-24-41(32)26-7-9-28-44-38-20-16-34(17-21-38)30-36-14-11-15-37(40(36)43)31-35-18-22-39(23-19-35)45-29-10-8-27-42-25-6-4-13-33(42)2/h16-23,30-33H,3-15,24-29H2,1-2H3/b36-30+,37-31+. The number of ether oxygens (including phenoxy) is 2. The lowest BCUT2D eigenvalue weighted by molar-refractivity contribution is -0.112. The van der Waals surface area contributed by atoms with Gasteiger partial charge in [-0.3, -0.25) is 4.79 Å². The Bertz CT molecular complexity index is 1150. The SMILES string of the molecule is CC1CCCCN1CCCCOc1ccc(/C=C2\CCC/C(=C\c3ccc(OCCCCN4CCCCC4C)cc3)C2=O)cc1. The number of benzene rings is 2. The second-order valence-electron chi connectivity index (χ2n) is 13.5. The molecular formula is C40H56N2O3. The summed E-state index contributed by atoms with van der Waals surface area (Å²) in [4.78, 5) is 18.6. The number of allylic oxidation sites excluding steroid dienone is 2. The Morgan fingerprint density at radius 1 is 0.622 bits per heavy atom. The van der Waals surface area contributed by atoms with E-state index in [2.05, 4.69) is 60.1 Å². The van der Waals surface area contributed by atoms with Crippen LogP contribution in [0.25, 0.3) is 12.2 Å². The zero-order valence-corrected chi connectivity index (χ0v) is 28.0. The van der Waals surface area contributed by atoms with Crippen LogP contribution in [0.1, 0.15) is 108 Å². The Balaban J connectivity index is 1.03. The minimum Gasteiger partial charge on any atom is -0.494 e. The summed E-state index contributed by atoms with van der Waals surface area (Å²) in [5.41, 5.74) is 3.90. The third-order valence-electron chi connectivity index (χ3n) is 10.0. The van der Waals surface area contributed by atoms with Gasteiger partial charge in [0.15, 0.2) is 5.78 Å². The molecule has 2 aromatic rings. The van der Waals surface area contributed by atoms with Crippen molar-refractivity contribution in [3.8, 4) is 11.5 Å². The van der Waals surface area contributed by atoms with Crippen LogP contribution in [0.15, 0.2) is 59.7 Å². The molecule has 2 saturated heterocycles. The highest BCUT2D eigenvalue weighted by Crippen LogP contribution is 2.29. The molecule has 1 aliphatic carbocycles. The largest absolute Gasteiger partial charge is 0.494 e. The van der Waals surface area contributed by atoms with E-state index in [0.29, 0.717) is 0 Å². The van der Waals surface area contributed by atoms with Gasteiger partial charge in [0.2, 0.25) is 0 Å². The number of carbonyl (C=O) groups excluding carboxylic acids is 1. The number of rotatable bonds is 14. The maximum Gasteiger partial charge on any atom is 0.185 e. The summed E-state index contributed by atoms with van der Waals surface area (Å²) in [6, 6.07) is 17.8. The number of hydrogen-bond donors (Lipinski definition) is 0. The molecule has 2 heterocycles. The summed E-state index contributed by atoms with van der Waals surface area (Å²) in [7, 11) is 0. The molecule has 0 bridgehead atoms. The van der Waals surface area contributed by atoms with Gasteiger partial charge < -0.3 is 19.3 Å².